The number of amides is 1. The van der Waals surface area contributed by atoms with E-state index in [1.807, 2.05) is 0 Å². The molecule has 20 heavy (non-hydrogen) atoms. The van der Waals surface area contributed by atoms with Crippen molar-refractivity contribution in [2.75, 3.05) is 11.1 Å². The molecule has 0 bridgehead atoms. The van der Waals surface area contributed by atoms with Crippen LogP contribution in [0.5, 0.6) is 0 Å². The monoisotopic (exact) mass is 280 g/mol. The van der Waals surface area contributed by atoms with E-state index in [9.17, 15) is 18.0 Å². The van der Waals surface area contributed by atoms with E-state index in [1.165, 1.54) is 18.2 Å². The first-order valence-corrected chi connectivity index (χ1v) is 5.74. The van der Waals surface area contributed by atoms with Crippen LogP contribution in [-0.2, 0) is 11.2 Å². The minimum atomic E-state index is -0.963. The van der Waals surface area contributed by atoms with Gasteiger partial charge in [-0.3, -0.25) is 4.79 Å². The summed E-state index contributed by atoms with van der Waals surface area (Å²) < 4.78 is 39.3. The third-order valence-electron chi connectivity index (χ3n) is 2.60. The van der Waals surface area contributed by atoms with E-state index in [2.05, 4.69) is 5.32 Å². The van der Waals surface area contributed by atoms with E-state index in [0.29, 0.717) is 11.6 Å². The second-order valence-electron chi connectivity index (χ2n) is 4.21. The topological polar surface area (TPSA) is 55.1 Å². The molecule has 0 aliphatic heterocycles. The molecule has 0 aromatic heterocycles. The SMILES string of the molecule is Nc1cc(F)cc(F)c1NC(=O)Cc1cccc(F)c1. The smallest absolute Gasteiger partial charge is 0.228 e. The molecule has 0 unspecified atom stereocenters. The Hall–Kier alpha value is -2.50. The van der Waals surface area contributed by atoms with Gasteiger partial charge in [-0.15, -0.1) is 0 Å². The lowest BCUT2D eigenvalue weighted by Crippen LogP contribution is -2.17. The summed E-state index contributed by atoms with van der Waals surface area (Å²) in [6, 6.07) is 7.00. The number of nitrogens with one attached hydrogen (secondary N) is 1. The van der Waals surface area contributed by atoms with Crippen LogP contribution in [0.15, 0.2) is 36.4 Å². The fraction of sp³-hybridized carbons (Fsp3) is 0.0714. The Kier molecular flexibility index (Phi) is 3.93. The van der Waals surface area contributed by atoms with Crippen LogP contribution >= 0.6 is 0 Å². The quantitative estimate of drug-likeness (QED) is 0.849. The molecule has 2 aromatic carbocycles. The molecule has 0 radical (unpaired) electrons. The third-order valence-corrected chi connectivity index (χ3v) is 2.60. The highest BCUT2D eigenvalue weighted by Gasteiger charge is 2.13. The highest BCUT2D eigenvalue weighted by molar-refractivity contribution is 5.95. The van der Waals surface area contributed by atoms with Gasteiger partial charge in [0.2, 0.25) is 5.91 Å². The maximum atomic E-state index is 13.5. The Morgan fingerprint density at radius 1 is 1.10 bits per heavy atom. The average molecular weight is 280 g/mol. The Morgan fingerprint density at radius 2 is 1.85 bits per heavy atom. The van der Waals surface area contributed by atoms with Crippen LogP contribution in [0.4, 0.5) is 24.5 Å². The molecule has 0 aliphatic rings. The molecule has 1 amide bonds. The first kappa shape index (κ1) is 13.9. The van der Waals surface area contributed by atoms with E-state index in [0.717, 1.165) is 6.07 Å². The number of carbonyl (C=O) groups excluding carboxylic acids is 1. The molecule has 6 heteroatoms. The lowest BCUT2D eigenvalue weighted by molar-refractivity contribution is -0.115. The van der Waals surface area contributed by atoms with Crippen molar-refractivity contribution in [1.82, 2.24) is 0 Å². The number of nitrogens with two attached hydrogens (primary N) is 1. The number of anilines is 2. The summed E-state index contributed by atoms with van der Waals surface area (Å²) in [5, 5.41) is 2.25. The van der Waals surface area contributed by atoms with Gasteiger partial charge in [0, 0.05) is 6.07 Å². The summed E-state index contributed by atoms with van der Waals surface area (Å²) in [6.45, 7) is 0. The van der Waals surface area contributed by atoms with Crippen LogP contribution in [0.1, 0.15) is 5.56 Å². The van der Waals surface area contributed by atoms with Gasteiger partial charge in [-0.1, -0.05) is 12.1 Å². The second kappa shape index (κ2) is 5.64. The number of hydrogen-bond acceptors (Lipinski definition) is 2. The number of hydrogen-bond donors (Lipinski definition) is 2. The summed E-state index contributed by atoms with van der Waals surface area (Å²) in [7, 11) is 0. The first-order chi connectivity index (χ1) is 9.45. The van der Waals surface area contributed by atoms with Gasteiger partial charge in [-0.2, -0.15) is 0 Å². The Morgan fingerprint density at radius 3 is 2.50 bits per heavy atom. The van der Waals surface area contributed by atoms with Crippen molar-refractivity contribution < 1.29 is 18.0 Å². The highest BCUT2D eigenvalue weighted by atomic mass is 19.1. The van der Waals surface area contributed by atoms with E-state index < -0.39 is 23.4 Å². The van der Waals surface area contributed by atoms with Gasteiger partial charge in [0.25, 0.3) is 0 Å². The number of benzene rings is 2. The van der Waals surface area contributed by atoms with Crippen LogP contribution < -0.4 is 11.1 Å². The molecule has 3 N–H and O–H groups in total. The standard InChI is InChI=1S/C14H11F3N2O/c15-9-3-1-2-8(4-9)5-13(20)19-14-11(17)6-10(16)7-12(14)18/h1-4,6-7H,5,18H2,(H,19,20). The first-order valence-electron chi connectivity index (χ1n) is 5.74. The van der Waals surface area contributed by atoms with Crippen molar-refractivity contribution in [3.63, 3.8) is 0 Å². The van der Waals surface area contributed by atoms with Gasteiger partial charge in [-0.25, -0.2) is 13.2 Å². The molecule has 0 heterocycles. The zero-order valence-corrected chi connectivity index (χ0v) is 10.3. The summed E-state index contributed by atoms with van der Waals surface area (Å²) in [4.78, 5) is 11.7. The molecule has 2 rings (SSSR count). The number of halogens is 3. The highest BCUT2D eigenvalue weighted by Crippen LogP contribution is 2.24. The molecule has 3 nitrogen and oxygen atoms in total. The summed E-state index contributed by atoms with van der Waals surface area (Å²) in [6.07, 6.45) is -0.145. The van der Waals surface area contributed by atoms with Crippen LogP contribution in [0.25, 0.3) is 0 Å². The number of carbonyl (C=O) groups is 1. The van der Waals surface area contributed by atoms with E-state index >= 15 is 0 Å². The lowest BCUT2D eigenvalue weighted by atomic mass is 10.1. The van der Waals surface area contributed by atoms with Crippen molar-refractivity contribution in [1.29, 1.82) is 0 Å². The van der Waals surface area contributed by atoms with Gasteiger partial charge in [-0.05, 0) is 23.8 Å². The van der Waals surface area contributed by atoms with Gasteiger partial charge >= 0.3 is 0 Å². The van der Waals surface area contributed by atoms with Gasteiger partial charge in [0.1, 0.15) is 17.3 Å². The molecule has 0 saturated carbocycles. The number of rotatable bonds is 3. The van der Waals surface area contributed by atoms with Crippen molar-refractivity contribution in [2.24, 2.45) is 0 Å². The minimum absolute atomic E-state index is 0.145. The van der Waals surface area contributed by atoms with Gasteiger partial charge in [0.05, 0.1) is 12.1 Å². The van der Waals surface area contributed by atoms with Crippen molar-refractivity contribution >= 4 is 17.3 Å². The van der Waals surface area contributed by atoms with Crippen LogP contribution in [-0.4, -0.2) is 5.91 Å². The normalized spacial score (nSPS) is 10.3. The summed E-state index contributed by atoms with van der Waals surface area (Å²) in [5.74, 6) is -2.84. The Balaban J connectivity index is 2.13. The van der Waals surface area contributed by atoms with Crippen LogP contribution in [0, 0.1) is 17.5 Å². The van der Waals surface area contributed by atoms with Gasteiger partial charge < -0.3 is 11.1 Å². The van der Waals surface area contributed by atoms with E-state index in [1.54, 1.807) is 6.07 Å². The lowest BCUT2D eigenvalue weighted by Gasteiger charge is -2.09. The van der Waals surface area contributed by atoms with Crippen LogP contribution in [0.2, 0.25) is 0 Å². The van der Waals surface area contributed by atoms with Crippen molar-refractivity contribution in [3.8, 4) is 0 Å². The molecule has 0 atom stereocenters. The fourth-order valence-corrected chi connectivity index (χ4v) is 1.74. The Bertz CT molecular complexity index is 636. The van der Waals surface area contributed by atoms with E-state index in [4.69, 9.17) is 5.73 Å². The maximum absolute atomic E-state index is 13.5. The molecule has 0 fully saturated rings. The molecule has 0 aliphatic carbocycles. The second-order valence-corrected chi connectivity index (χ2v) is 4.21. The predicted molar refractivity (Wildman–Crippen MR) is 69.5 cm³/mol. The van der Waals surface area contributed by atoms with E-state index in [-0.39, 0.29) is 17.8 Å². The molecule has 2 aromatic rings. The predicted octanol–water partition coefficient (Wildman–Crippen LogP) is 2.87. The minimum Gasteiger partial charge on any atom is -0.397 e. The largest absolute Gasteiger partial charge is 0.397 e. The number of nitrogen functional groups attached to an aromatic ring is 1. The third kappa shape index (κ3) is 3.28. The zero-order chi connectivity index (χ0) is 14.7. The summed E-state index contributed by atoms with van der Waals surface area (Å²) >= 11 is 0. The fourth-order valence-electron chi connectivity index (χ4n) is 1.74. The van der Waals surface area contributed by atoms with Crippen molar-refractivity contribution in [2.45, 2.75) is 6.42 Å². The molecule has 0 saturated heterocycles. The molecule has 0 spiro atoms. The average Bonchev–Trinajstić information content (AvgIpc) is 2.33. The van der Waals surface area contributed by atoms with Crippen molar-refractivity contribution in [3.05, 3.63) is 59.4 Å². The zero-order valence-electron chi connectivity index (χ0n) is 10.3. The summed E-state index contributed by atoms with van der Waals surface area (Å²) in [5.41, 5.74) is 5.37. The van der Waals surface area contributed by atoms with Gasteiger partial charge in [0.15, 0.2) is 5.82 Å². The molecular formula is C14H11F3N2O. The maximum Gasteiger partial charge on any atom is 0.228 e. The molecular weight excluding hydrogens is 269 g/mol. The van der Waals surface area contributed by atoms with Crippen LogP contribution in [0.3, 0.4) is 0 Å². The molecule has 104 valence electrons. The Labute approximate surface area is 113 Å².